The molecule has 2 aromatic heterocycles. The number of carbonyl (C=O) groups excluding carboxylic acids is 1. The average molecular weight is 465 g/mol. The van der Waals surface area contributed by atoms with Gasteiger partial charge in [-0.1, -0.05) is 35.9 Å². The summed E-state index contributed by atoms with van der Waals surface area (Å²) in [5.41, 5.74) is 1.77. The Morgan fingerprint density at radius 3 is 2.75 bits per heavy atom. The second-order valence-electron chi connectivity index (χ2n) is 7.97. The molecule has 32 heavy (non-hydrogen) atoms. The highest BCUT2D eigenvalue weighted by atomic mass is 35.5. The average Bonchev–Trinajstić information content (AvgIpc) is 3.24. The molecule has 1 amide bonds. The first kappa shape index (κ1) is 20.8. The summed E-state index contributed by atoms with van der Waals surface area (Å²) < 4.78 is 2.71. The highest BCUT2D eigenvalue weighted by Crippen LogP contribution is 2.33. The first-order valence-corrected chi connectivity index (χ1v) is 11.7. The summed E-state index contributed by atoms with van der Waals surface area (Å²) in [6, 6.07) is 16.7. The Kier molecular flexibility index (Phi) is 5.53. The number of fused-ring (bicyclic) bond motifs is 1. The number of amides is 1. The summed E-state index contributed by atoms with van der Waals surface area (Å²) in [4.78, 5) is 32.6. The van der Waals surface area contributed by atoms with E-state index < -0.39 is 0 Å². The SMILES string of the molecule is Cc1cc(=O)c(C(=O)N2CCC[C@H](c3nc4ccccc4s3)C2)nn1-c1ccccc1Cl. The Morgan fingerprint density at radius 1 is 1.16 bits per heavy atom. The van der Waals surface area contributed by atoms with E-state index in [0.717, 1.165) is 28.1 Å². The standard InChI is InChI=1S/C24H21ClN4O2S/c1-15-13-20(30)22(27-29(15)19-10-4-2-8-17(19)25)24(31)28-12-6-7-16(14-28)23-26-18-9-3-5-11-21(18)32-23/h2-5,8-11,13,16H,6-7,12,14H2,1H3/t16-/m0/s1. The maximum atomic E-state index is 13.3. The molecule has 0 radical (unpaired) electrons. The van der Waals surface area contributed by atoms with Crippen LogP contribution in [0.25, 0.3) is 15.9 Å². The Bertz CT molecular complexity index is 1350. The van der Waals surface area contributed by atoms with Crippen molar-refractivity contribution in [2.75, 3.05) is 13.1 Å². The quantitative estimate of drug-likeness (QED) is 0.435. The lowest BCUT2D eigenvalue weighted by Crippen LogP contribution is -2.42. The largest absolute Gasteiger partial charge is 0.336 e. The van der Waals surface area contributed by atoms with Gasteiger partial charge in [0.2, 0.25) is 5.43 Å². The van der Waals surface area contributed by atoms with E-state index in [1.807, 2.05) is 36.4 Å². The Hall–Kier alpha value is -3.03. The number of likely N-dealkylation sites (tertiary alicyclic amines) is 1. The van der Waals surface area contributed by atoms with Crippen LogP contribution >= 0.6 is 22.9 Å². The molecule has 5 rings (SSSR count). The van der Waals surface area contributed by atoms with E-state index in [0.29, 0.717) is 29.5 Å². The molecule has 1 fully saturated rings. The molecule has 2 aromatic carbocycles. The van der Waals surface area contributed by atoms with Gasteiger partial charge >= 0.3 is 0 Å². The van der Waals surface area contributed by atoms with Crippen molar-refractivity contribution in [3.8, 4) is 5.69 Å². The molecule has 162 valence electrons. The molecule has 1 saturated heterocycles. The van der Waals surface area contributed by atoms with Crippen LogP contribution in [-0.2, 0) is 0 Å². The highest BCUT2D eigenvalue weighted by Gasteiger charge is 2.29. The molecule has 0 aliphatic carbocycles. The molecule has 0 saturated carbocycles. The highest BCUT2D eigenvalue weighted by molar-refractivity contribution is 7.18. The summed E-state index contributed by atoms with van der Waals surface area (Å²) in [5, 5.41) is 5.96. The zero-order valence-electron chi connectivity index (χ0n) is 17.5. The van der Waals surface area contributed by atoms with E-state index in [1.54, 1.807) is 33.9 Å². The van der Waals surface area contributed by atoms with Gasteiger partial charge in [0, 0.05) is 30.8 Å². The van der Waals surface area contributed by atoms with Crippen molar-refractivity contribution in [1.29, 1.82) is 0 Å². The number of aryl methyl sites for hydroxylation is 1. The summed E-state index contributed by atoms with van der Waals surface area (Å²) in [7, 11) is 0. The van der Waals surface area contributed by atoms with Crippen LogP contribution in [0.2, 0.25) is 5.02 Å². The predicted octanol–water partition coefficient (Wildman–Crippen LogP) is 4.82. The minimum Gasteiger partial charge on any atom is -0.336 e. The third-order valence-corrected chi connectivity index (χ3v) is 7.28. The predicted molar refractivity (Wildman–Crippen MR) is 127 cm³/mol. The van der Waals surface area contributed by atoms with Gasteiger partial charge in [-0.3, -0.25) is 9.59 Å². The monoisotopic (exact) mass is 464 g/mol. The van der Waals surface area contributed by atoms with Crippen molar-refractivity contribution in [2.24, 2.45) is 0 Å². The van der Waals surface area contributed by atoms with Gasteiger partial charge in [0.25, 0.3) is 5.91 Å². The number of nitrogens with zero attached hydrogens (tertiary/aromatic N) is 4. The van der Waals surface area contributed by atoms with Gasteiger partial charge in [-0.25, -0.2) is 9.67 Å². The van der Waals surface area contributed by atoms with Crippen molar-refractivity contribution in [3.63, 3.8) is 0 Å². The van der Waals surface area contributed by atoms with Gasteiger partial charge in [0.15, 0.2) is 5.69 Å². The summed E-state index contributed by atoms with van der Waals surface area (Å²) in [5.74, 6) is -0.192. The van der Waals surface area contributed by atoms with Crippen molar-refractivity contribution >= 4 is 39.1 Å². The number of aromatic nitrogens is 3. The van der Waals surface area contributed by atoms with Gasteiger partial charge in [-0.2, -0.15) is 5.10 Å². The molecular weight excluding hydrogens is 444 g/mol. The van der Waals surface area contributed by atoms with Crippen molar-refractivity contribution in [1.82, 2.24) is 19.7 Å². The lowest BCUT2D eigenvalue weighted by Gasteiger charge is -2.31. The number of rotatable bonds is 3. The van der Waals surface area contributed by atoms with Crippen molar-refractivity contribution in [2.45, 2.75) is 25.7 Å². The van der Waals surface area contributed by atoms with Gasteiger partial charge < -0.3 is 4.90 Å². The first-order valence-electron chi connectivity index (χ1n) is 10.5. The van der Waals surface area contributed by atoms with Crippen LogP contribution < -0.4 is 5.43 Å². The van der Waals surface area contributed by atoms with E-state index in [-0.39, 0.29) is 22.9 Å². The van der Waals surface area contributed by atoms with Crippen LogP contribution in [0.3, 0.4) is 0 Å². The molecule has 3 heterocycles. The smallest absolute Gasteiger partial charge is 0.278 e. The van der Waals surface area contributed by atoms with E-state index in [4.69, 9.17) is 16.6 Å². The van der Waals surface area contributed by atoms with Crippen LogP contribution in [0, 0.1) is 6.92 Å². The summed E-state index contributed by atoms with van der Waals surface area (Å²) in [6.07, 6.45) is 1.83. The van der Waals surface area contributed by atoms with E-state index >= 15 is 0 Å². The molecule has 1 atom stereocenters. The van der Waals surface area contributed by atoms with E-state index in [2.05, 4.69) is 11.2 Å². The maximum Gasteiger partial charge on any atom is 0.278 e. The fraction of sp³-hybridized carbons (Fsp3) is 0.250. The molecular formula is C24H21ClN4O2S. The van der Waals surface area contributed by atoms with Crippen LogP contribution in [0.5, 0.6) is 0 Å². The summed E-state index contributed by atoms with van der Waals surface area (Å²) >= 11 is 8.01. The van der Waals surface area contributed by atoms with Gasteiger partial charge in [-0.15, -0.1) is 11.3 Å². The number of piperidine rings is 1. The lowest BCUT2D eigenvalue weighted by molar-refractivity contribution is 0.0697. The minimum absolute atomic E-state index is 0.0829. The third-order valence-electron chi connectivity index (χ3n) is 5.76. The molecule has 0 bridgehead atoms. The topological polar surface area (TPSA) is 68.1 Å². The summed E-state index contributed by atoms with van der Waals surface area (Å²) in [6.45, 7) is 2.90. The number of benzene rings is 2. The number of para-hydroxylation sites is 2. The molecule has 1 aliphatic heterocycles. The number of hydrogen-bond donors (Lipinski definition) is 0. The Morgan fingerprint density at radius 2 is 1.94 bits per heavy atom. The van der Waals surface area contributed by atoms with Gasteiger partial charge in [0.05, 0.1) is 25.9 Å². The normalized spacial score (nSPS) is 16.4. The lowest BCUT2D eigenvalue weighted by atomic mass is 9.98. The van der Waals surface area contributed by atoms with Crippen molar-refractivity contribution < 1.29 is 4.79 Å². The van der Waals surface area contributed by atoms with E-state index in [1.165, 1.54) is 6.07 Å². The fourth-order valence-corrected chi connectivity index (χ4v) is 5.45. The third kappa shape index (κ3) is 3.82. The Labute approximate surface area is 194 Å². The molecule has 6 nitrogen and oxygen atoms in total. The number of thiazole rings is 1. The van der Waals surface area contributed by atoms with Crippen LogP contribution in [0.1, 0.15) is 39.9 Å². The second-order valence-corrected chi connectivity index (χ2v) is 9.44. The van der Waals surface area contributed by atoms with Crippen LogP contribution in [-0.4, -0.2) is 38.7 Å². The maximum absolute atomic E-state index is 13.3. The number of carbonyl (C=O) groups is 1. The van der Waals surface area contributed by atoms with Gasteiger partial charge in [0.1, 0.15) is 0 Å². The molecule has 8 heteroatoms. The molecule has 0 unspecified atom stereocenters. The first-order chi connectivity index (χ1) is 15.5. The fourth-order valence-electron chi connectivity index (χ4n) is 4.14. The number of halogens is 1. The zero-order valence-corrected chi connectivity index (χ0v) is 19.1. The van der Waals surface area contributed by atoms with Crippen LogP contribution in [0.4, 0.5) is 0 Å². The van der Waals surface area contributed by atoms with E-state index in [9.17, 15) is 9.59 Å². The van der Waals surface area contributed by atoms with Gasteiger partial charge in [-0.05, 0) is 44.0 Å². The Balaban J connectivity index is 1.45. The molecule has 4 aromatic rings. The minimum atomic E-state index is -0.377. The molecule has 1 aliphatic rings. The number of hydrogen-bond acceptors (Lipinski definition) is 5. The second kappa shape index (κ2) is 8.48. The van der Waals surface area contributed by atoms with Crippen LogP contribution in [0.15, 0.2) is 59.4 Å². The molecule has 0 spiro atoms. The van der Waals surface area contributed by atoms with Crippen molar-refractivity contribution in [3.05, 3.63) is 86.2 Å². The zero-order chi connectivity index (χ0) is 22.2. The molecule has 0 N–H and O–H groups in total.